The van der Waals surface area contributed by atoms with Gasteiger partial charge >= 0.3 is 6.03 Å². The molecule has 0 bridgehead atoms. The minimum absolute atomic E-state index is 0.135. The van der Waals surface area contributed by atoms with Gasteiger partial charge in [0.05, 0.1) is 18.2 Å². The van der Waals surface area contributed by atoms with Gasteiger partial charge in [0.2, 0.25) is 0 Å². The van der Waals surface area contributed by atoms with Crippen LogP contribution < -0.4 is 10.6 Å². The van der Waals surface area contributed by atoms with E-state index in [2.05, 4.69) is 10.6 Å². The fourth-order valence-corrected chi connectivity index (χ4v) is 1.79. The Balaban J connectivity index is 2.64. The molecular weight excluding hydrogens is 261 g/mol. The Morgan fingerprint density at radius 2 is 2.20 bits per heavy atom. The summed E-state index contributed by atoms with van der Waals surface area (Å²) in [4.78, 5) is 11.7. The molecule has 6 heteroatoms. The van der Waals surface area contributed by atoms with Crippen LogP contribution in [0.5, 0.6) is 0 Å². The second-order valence-electron chi connectivity index (χ2n) is 4.91. The molecule has 3 N–H and O–H groups in total. The molecule has 1 atom stereocenters. The zero-order valence-electron chi connectivity index (χ0n) is 11.5. The SMILES string of the molecule is CC(C)C[C@@H](CO)NC(=O)Nc1ccc(F)c(C#N)c1. The molecule has 0 fully saturated rings. The third kappa shape index (κ3) is 4.86. The smallest absolute Gasteiger partial charge is 0.319 e. The first-order valence-electron chi connectivity index (χ1n) is 6.34. The monoisotopic (exact) mass is 279 g/mol. The van der Waals surface area contributed by atoms with Crippen molar-refractivity contribution in [2.75, 3.05) is 11.9 Å². The van der Waals surface area contributed by atoms with Gasteiger partial charge in [0.15, 0.2) is 0 Å². The van der Waals surface area contributed by atoms with Gasteiger partial charge in [-0.3, -0.25) is 0 Å². The summed E-state index contributed by atoms with van der Waals surface area (Å²) in [5, 5.41) is 23.0. The average Bonchev–Trinajstić information content (AvgIpc) is 2.39. The number of hydrogen-bond donors (Lipinski definition) is 3. The van der Waals surface area contributed by atoms with E-state index >= 15 is 0 Å². The van der Waals surface area contributed by atoms with Gasteiger partial charge in [0.1, 0.15) is 11.9 Å². The van der Waals surface area contributed by atoms with Crippen LogP contribution in [0.25, 0.3) is 0 Å². The Bertz CT molecular complexity index is 512. The van der Waals surface area contributed by atoms with Gasteiger partial charge in [-0.1, -0.05) is 13.8 Å². The van der Waals surface area contributed by atoms with E-state index in [9.17, 15) is 14.3 Å². The van der Waals surface area contributed by atoms with E-state index < -0.39 is 11.8 Å². The van der Waals surface area contributed by atoms with E-state index in [1.807, 2.05) is 13.8 Å². The lowest BCUT2D eigenvalue weighted by Gasteiger charge is -2.18. The molecule has 1 aromatic rings. The first-order chi connectivity index (χ1) is 9.46. The Hall–Kier alpha value is -2.13. The first kappa shape index (κ1) is 15.9. The zero-order chi connectivity index (χ0) is 15.1. The number of nitrogens with zero attached hydrogens (tertiary/aromatic N) is 1. The van der Waals surface area contributed by atoms with E-state index in [1.165, 1.54) is 12.1 Å². The number of benzene rings is 1. The molecule has 1 aromatic carbocycles. The first-order valence-corrected chi connectivity index (χ1v) is 6.34. The minimum Gasteiger partial charge on any atom is -0.394 e. The number of amides is 2. The van der Waals surface area contributed by atoms with Crippen LogP contribution in [0.1, 0.15) is 25.8 Å². The number of anilines is 1. The van der Waals surface area contributed by atoms with Crippen molar-refractivity contribution in [3.63, 3.8) is 0 Å². The summed E-state index contributed by atoms with van der Waals surface area (Å²) >= 11 is 0. The highest BCUT2D eigenvalue weighted by molar-refractivity contribution is 5.89. The predicted molar refractivity (Wildman–Crippen MR) is 73.6 cm³/mol. The number of halogens is 1. The molecule has 20 heavy (non-hydrogen) atoms. The molecule has 1 rings (SSSR count). The number of carbonyl (C=O) groups is 1. The van der Waals surface area contributed by atoms with Crippen LogP contribution in [-0.2, 0) is 0 Å². The fourth-order valence-electron chi connectivity index (χ4n) is 1.79. The van der Waals surface area contributed by atoms with Crippen LogP contribution >= 0.6 is 0 Å². The van der Waals surface area contributed by atoms with Crippen molar-refractivity contribution in [2.45, 2.75) is 26.3 Å². The number of rotatable bonds is 5. The lowest BCUT2D eigenvalue weighted by molar-refractivity contribution is 0.214. The topological polar surface area (TPSA) is 85.2 Å². The molecule has 0 unspecified atom stereocenters. The van der Waals surface area contributed by atoms with Gasteiger partial charge in [-0.25, -0.2) is 9.18 Å². The lowest BCUT2D eigenvalue weighted by Crippen LogP contribution is -2.40. The number of aliphatic hydroxyl groups is 1. The zero-order valence-corrected chi connectivity index (χ0v) is 11.5. The molecule has 0 aliphatic rings. The van der Waals surface area contributed by atoms with Crippen LogP contribution in [0, 0.1) is 23.1 Å². The molecule has 0 saturated heterocycles. The second-order valence-corrected chi connectivity index (χ2v) is 4.91. The Labute approximate surface area is 117 Å². The van der Waals surface area contributed by atoms with Crippen LogP contribution in [-0.4, -0.2) is 23.8 Å². The number of hydrogen-bond acceptors (Lipinski definition) is 3. The normalized spacial score (nSPS) is 11.8. The molecule has 108 valence electrons. The molecule has 0 heterocycles. The maximum atomic E-state index is 13.1. The van der Waals surface area contributed by atoms with Crippen molar-refractivity contribution in [3.05, 3.63) is 29.6 Å². The quantitative estimate of drug-likeness (QED) is 0.772. The molecule has 0 aromatic heterocycles. The molecule has 5 nitrogen and oxygen atoms in total. The molecule has 0 aliphatic carbocycles. The Morgan fingerprint density at radius 1 is 1.50 bits per heavy atom. The second kappa shape index (κ2) is 7.46. The van der Waals surface area contributed by atoms with E-state index in [-0.39, 0.29) is 18.2 Å². The largest absolute Gasteiger partial charge is 0.394 e. The number of nitriles is 1. The average molecular weight is 279 g/mol. The van der Waals surface area contributed by atoms with Crippen molar-refractivity contribution in [1.29, 1.82) is 5.26 Å². The number of aliphatic hydroxyl groups excluding tert-OH is 1. The third-order valence-corrected chi connectivity index (χ3v) is 2.66. The lowest BCUT2D eigenvalue weighted by atomic mass is 10.0. The van der Waals surface area contributed by atoms with Crippen LogP contribution in [0.3, 0.4) is 0 Å². The van der Waals surface area contributed by atoms with E-state index in [0.717, 1.165) is 6.07 Å². The Morgan fingerprint density at radius 3 is 2.75 bits per heavy atom. The maximum absolute atomic E-state index is 13.1. The Kier molecular flexibility index (Phi) is 5.94. The highest BCUT2D eigenvalue weighted by Gasteiger charge is 2.13. The maximum Gasteiger partial charge on any atom is 0.319 e. The highest BCUT2D eigenvalue weighted by atomic mass is 19.1. The predicted octanol–water partition coefficient (Wildman–Crippen LogP) is 2.23. The minimum atomic E-state index is -0.633. The summed E-state index contributed by atoms with van der Waals surface area (Å²) in [7, 11) is 0. The van der Waals surface area contributed by atoms with Gasteiger partial charge in [0.25, 0.3) is 0 Å². The van der Waals surface area contributed by atoms with Gasteiger partial charge in [-0.2, -0.15) is 5.26 Å². The molecular formula is C14H18FN3O2. The van der Waals surface area contributed by atoms with Gasteiger partial charge in [-0.05, 0) is 30.5 Å². The highest BCUT2D eigenvalue weighted by Crippen LogP contribution is 2.14. The van der Waals surface area contributed by atoms with Crippen molar-refractivity contribution >= 4 is 11.7 Å². The summed E-state index contributed by atoms with van der Waals surface area (Å²) in [6.07, 6.45) is 0.650. The molecule has 0 spiro atoms. The van der Waals surface area contributed by atoms with Gasteiger partial charge in [0, 0.05) is 5.69 Å². The summed E-state index contributed by atoms with van der Waals surface area (Å²) in [6.45, 7) is 3.82. The van der Waals surface area contributed by atoms with Crippen LogP contribution in [0.15, 0.2) is 18.2 Å². The third-order valence-electron chi connectivity index (χ3n) is 2.66. The van der Waals surface area contributed by atoms with Crippen molar-refractivity contribution < 1.29 is 14.3 Å². The molecule has 0 radical (unpaired) electrons. The standard InChI is InChI=1S/C14H18FN3O2/c1-9(2)5-12(8-19)18-14(20)17-11-3-4-13(15)10(6-11)7-16/h3-4,6,9,12,19H,5,8H2,1-2H3,(H2,17,18,20)/t12-/m0/s1. The van der Waals surface area contributed by atoms with Crippen molar-refractivity contribution in [1.82, 2.24) is 5.32 Å². The number of urea groups is 1. The molecule has 0 aliphatic heterocycles. The fraction of sp³-hybridized carbons (Fsp3) is 0.429. The van der Waals surface area contributed by atoms with Gasteiger partial charge in [-0.15, -0.1) is 0 Å². The van der Waals surface area contributed by atoms with E-state index in [4.69, 9.17) is 5.26 Å². The molecule has 0 saturated carbocycles. The van der Waals surface area contributed by atoms with Crippen LogP contribution in [0.2, 0.25) is 0 Å². The van der Waals surface area contributed by atoms with Crippen molar-refractivity contribution in [2.24, 2.45) is 5.92 Å². The summed E-state index contributed by atoms with van der Waals surface area (Å²) in [6, 6.07) is 4.60. The van der Waals surface area contributed by atoms with Crippen LogP contribution in [0.4, 0.5) is 14.9 Å². The van der Waals surface area contributed by atoms with Gasteiger partial charge < -0.3 is 15.7 Å². The van der Waals surface area contributed by atoms with Crippen molar-refractivity contribution in [3.8, 4) is 6.07 Å². The summed E-state index contributed by atoms with van der Waals surface area (Å²) < 4.78 is 13.1. The summed E-state index contributed by atoms with van der Waals surface area (Å²) in [5.74, 6) is -0.296. The summed E-state index contributed by atoms with van der Waals surface area (Å²) in [5.41, 5.74) is 0.186. The van der Waals surface area contributed by atoms with E-state index in [1.54, 1.807) is 6.07 Å². The van der Waals surface area contributed by atoms with E-state index in [0.29, 0.717) is 18.0 Å². The molecule has 2 amide bonds. The number of nitrogens with one attached hydrogen (secondary N) is 2. The number of carbonyl (C=O) groups excluding carboxylic acids is 1.